The van der Waals surface area contributed by atoms with Crippen LogP contribution in [-0.2, 0) is 13.1 Å². The predicted molar refractivity (Wildman–Crippen MR) is 107 cm³/mol. The minimum absolute atomic E-state index is 0.326. The molecule has 0 bridgehead atoms. The first-order chi connectivity index (χ1) is 12.9. The summed E-state index contributed by atoms with van der Waals surface area (Å²) in [6.07, 6.45) is 0. The first-order valence-corrected chi connectivity index (χ1v) is 8.85. The van der Waals surface area contributed by atoms with Gasteiger partial charge >= 0.3 is 5.63 Å². The van der Waals surface area contributed by atoms with Crippen LogP contribution in [0.15, 0.2) is 45.6 Å². The van der Waals surface area contributed by atoms with Crippen LogP contribution in [0.1, 0.15) is 22.3 Å². The predicted octanol–water partition coefficient (Wildman–Crippen LogP) is 4.06. The molecule has 3 rings (SSSR count). The molecule has 142 valence electrons. The molecule has 0 atom stereocenters. The molecule has 0 unspecified atom stereocenters. The van der Waals surface area contributed by atoms with E-state index in [1.807, 2.05) is 38.2 Å². The first kappa shape index (κ1) is 19.0. The second-order valence-electron chi connectivity index (χ2n) is 6.85. The molecule has 2 aromatic carbocycles. The minimum atomic E-state index is -0.326. The molecule has 0 radical (unpaired) electrons. The van der Waals surface area contributed by atoms with E-state index in [1.165, 1.54) is 5.56 Å². The van der Waals surface area contributed by atoms with Crippen molar-refractivity contribution < 1.29 is 13.9 Å². The van der Waals surface area contributed by atoms with Crippen LogP contribution in [0.5, 0.6) is 11.5 Å². The van der Waals surface area contributed by atoms with E-state index in [0.717, 1.165) is 27.8 Å². The topological polar surface area (TPSA) is 51.9 Å². The molecule has 0 aliphatic rings. The summed E-state index contributed by atoms with van der Waals surface area (Å²) in [6.45, 7) is 5.36. The highest BCUT2D eigenvalue weighted by Gasteiger charge is 2.14. The van der Waals surface area contributed by atoms with Crippen molar-refractivity contribution in [2.75, 3.05) is 21.3 Å². The number of benzene rings is 2. The Morgan fingerprint density at radius 3 is 2.37 bits per heavy atom. The second kappa shape index (κ2) is 7.84. The highest BCUT2D eigenvalue weighted by atomic mass is 16.5. The maximum absolute atomic E-state index is 12.0. The van der Waals surface area contributed by atoms with Crippen LogP contribution in [0, 0.1) is 13.8 Å². The van der Waals surface area contributed by atoms with E-state index in [1.54, 1.807) is 20.3 Å². The van der Waals surface area contributed by atoms with Gasteiger partial charge in [0.05, 0.1) is 14.2 Å². The van der Waals surface area contributed by atoms with Crippen molar-refractivity contribution in [2.45, 2.75) is 26.9 Å². The Kier molecular flexibility index (Phi) is 5.51. The van der Waals surface area contributed by atoms with E-state index in [-0.39, 0.29) is 5.63 Å². The summed E-state index contributed by atoms with van der Waals surface area (Å²) in [5.41, 5.74) is 4.57. The van der Waals surface area contributed by atoms with Gasteiger partial charge in [-0.1, -0.05) is 12.1 Å². The normalized spacial score (nSPS) is 11.2. The van der Waals surface area contributed by atoms with E-state index < -0.39 is 0 Å². The van der Waals surface area contributed by atoms with Crippen molar-refractivity contribution in [1.29, 1.82) is 0 Å². The lowest BCUT2D eigenvalue weighted by Gasteiger charge is -2.20. The van der Waals surface area contributed by atoms with Gasteiger partial charge in [0.1, 0.15) is 5.58 Å². The van der Waals surface area contributed by atoms with Gasteiger partial charge in [0.25, 0.3) is 0 Å². The number of hydrogen-bond acceptors (Lipinski definition) is 5. The van der Waals surface area contributed by atoms with E-state index in [4.69, 9.17) is 13.9 Å². The highest BCUT2D eigenvalue weighted by Crippen LogP contribution is 2.31. The van der Waals surface area contributed by atoms with Gasteiger partial charge in [0.15, 0.2) is 11.5 Å². The molecule has 0 saturated carbocycles. The average Bonchev–Trinajstić information content (AvgIpc) is 2.63. The zero-order valence-electron chi connectivity index (χ0n) is 16.5. The summed E-state index contributed by atoms with van der Waals surface area (Å²) >= 11 is 0. The number of methoxy groups -OCH3 is 2. The van der Waals surface area contributed by atoms with E-state index in [2.05, 4.69) is 17.9 Å². The molecule has 5 nitrogen and oxygen atoms in total. The molecular weight excluding hydrogens is 342 g/mol. The van der Waals surface area contributed by atoms with Crippen LogP contribution in [0.2, 0.25) is 0 Å². The SMILES string of the molecule is COc1cccc(CN(C)Cc2cc(=O)oc3cc(C)c(C)cc23)c1OC. The van der Waals surface area contributed by atoms with Gasteiger partial charge in [0, 0.05) is 30.1 Å². The third-order valence-electron chi connectivity index (χ3n) is 4.81. The molecular formula is C22H25NO4. The summed E-state index contributed by atoms with van der Waals surface area (Å²) in [7, 11) is 5.29. The first-order valence-electron chi connectivity index (χ1n) is 8.85. The van der Waals surface area contributed by atoms with Crippen molar-refractivity contribution in [3.05, 3.63) is 69.1 Å². The highest BCUT2D eigenvalue weighted by molar-refractivity contribution is 5.81. The van der Waals surface area contributed by atoms with Crippen molar-refractivity contribution in [3.63, 3.8) is 0 Å². The molecule has 3 aromatic rings. The van der Waals surface area contributed by atoms with Crippen LogP contribution in [0.3, 0.4) is 0 Å². The Balaban J connectivity index is 1.92. The third kappa shape index (κ3) is 3.98. The number of rotatable bonds is 6. The molecule has 5 heteroatoms. The third-order valence-corrected chi connectivity index (χ3v) is 4.81. The fourth-order valence-corrected chi connectivity index (χ4v) is 3.33. The maximum Gasteiger partial charge on any atom is 0.336 e. The van der Waals surface area contributed by atoms with Gasteiger partial charge in [0.2, 0.25) is 0 Å². The van der Waals surface area contributed by atoms with Crippen LogP contribution in [0.25, 0.3) is 11.0 Å². The molecule has 0 saturated heterocycles. The largest absolute Gasteiger partial charge is 0.493 e. The van der Waals surface area contributed by atoms with Gasteiger partial charge in [-0.05, 0) is 55.8 Å². The summed E-state index contributed by atoms with van der Waals surface area (Å²) in [4.78, 5) is 14.1. The molecule has 1 aromatic heterocycles. The Morgan fingerprint density at radius 2 is 1.67 bits per heavy atom. The van der Waals surface area contributed by atoms with Crippen molar-refractivity contribution in [1.82, 2.24) is 4.90 Å². The Morgan fingerprint density at radius 1 is 0.963 bits per heavy atom. The van der Waals surface area contributed by atoms with Gasteiger partial charge in [-0.2, -0.15) is 0 Å². The monoisotopic (exact) mass is 367 g/mol. The number of nitrogens with zero attached hydrogens (tertiary/aromatic N) is 1. The fraction of sp³-hybridized carbons (Fsp3) is 0.318. The van der Waals surface area contributed by atoms with E-state index >= 15 is 0 Å². The Labute approximate surface area is 159 Å². The quantitative estimate of drug-likeness (QED) is 0.615. The number of para-hydroxylation sites is 1. The second-order valence-corrected chi connectivity index (χ2v) is 6.85. The maximum atomic E-state index is 12.0. The minimum Gasteiger partial charge on any atom is -0.493 e. The molecule has 27 heavy (non-hydrogen) atoms. The molecule has 0 aliphatic carbocycles. The molecule has 0 fully saturated rings. The van der Waals surface area contributed by atoms with E-state index in [9.17, 15) is 4.79 Å². The lowest BCUT2D eigenvalue weighted by Crippen LogP contribution is -2.19. The summed E-state index contributed by atoms with van der Waals surface area (Å²) < 4.78 is 16.3. The molecule has 0 spiro atoms. The Hall–Kier alpha value is -2.79. The van der Waals surface area contributed by atoms with Crippen molar-refractivity contribution in [3.8, 4) is 11.5 Å². The van der Waals surface area contributed by atoms with Crippen LogP contribution >= 0.6 is 0 Å². The van der Waals surface area contributed by atoms with Crippen LogP contribution < -0.4 is 15.1 Å². The molecule has 1 heterocycles. The smallest absolute Gasteiger partial charge is 0.336 e. The molecule has 0 amide bonds. The number of ether oxygens (including phenoxy) is 2. The van der Waals surface area contributed by atoms with Crippen molar-refractivity contribution in [2.24, 2.45) is 0 Å². The lowest BCUT2D eigenvalue weighted by molar-refractivity contribution is 0.303. The standard InChI is InChI=1S/C22H25NO4/c1-14-9-18-17(11-21(24)27-20(18)10-15(14)2)13-23(3)12-16-7-6-8-19(25-4)22(16)26-5/h6-11H,12-13H2,1-5H3. The zero-order valence-corrected chi connectivity index (χ0v) is 16.5. The molecule has 0 aliphatic heterocycles. The fourth-order valence-electron chi connectivity index (χ4n) is 3.33. The van der Waals surface area contributed by atoms with Gasteiger partial charge in [-0.3, -0.25) is 4.90 Å². The van der Waals surface area contributed by atoms with Gasteiger partial charge in [-0.25, -0.2) is 4.79 Å². The molecule has 0 N–H and O–H groups in total. The van der Waals surface area contributed by atoms with E-state index in [0.29, 0.717) is 24.4 Å². The number of aryl methyl sites for hydroxylation is 2. The lowest BCUT2D eigenvalue weighted by atomic mass is 10.0. The Bertz CT molecular complexity index is 1020. The van der Waals surface area contributed by atoms with Crippen LogP contribution in [0.4, 0.5) is 0 Å². The summed E-state index contributed by atoms with van der Waals surface area (Å²) in [5.74, 6) is 1.44. The summed E-state index contributed by atoms with van der Waals surface area (Å²) in [5, 5.41) is 0.974. The zero-order chi connectivity index (χ0) is 19.6. The summed E-state index contributed by atoms with van der Waals surface area (Å²) in [6, 6.07) is 11.4. The number of fused-ring (bicyclic) bond motifs is 1. The average molecular weight is 367 g/mol. The number of hydrogen-bond donors (Lipinski definition) is 0. The van der Waals surface area contributed by atoms with Gasteiger partial charge in [-0.15, -0.1) is 0 Å². The van der Waals surface area contributed by atoms with Gasteiger partial charge < -0.3 is 13.9 Å². The van der Waals surface area contributed by atoms with Crippen molar-refractivity contribution >= 4 is 11.0 Å². The van der Waals surface area contributed by atoms with Crippen LogP contribution in [-0.4, -0.2) is 26.2 Å².